The molecule has 0 spiro atoms. The fourth-order valence-corrected chi connectivity index (χ4v) is 3.18. The highest BCUT2D eigenvalue weighted by molar-refractivity contribution is 5.42. The quantitative estimate of drug-likeness (QED) is 0.890. The molecular weight excluding hydrogens is 238 g/mol. The van der Waals surface area contributed by atoms with Crippen LogP contribution < -0.4 is 10.5 Å². The third-order valence-electron chi connectivity index (χ3n) is 4.25. The standard InChI is InChI=1S/C16H23NO2/c1-16(2)10-13-9-12(3-4-14(13)19-16)15(17)11-5-7-18-8-6-11/h3-4,9,11,15H,5-8,10,17H2,1-2H3. The molecule has 104 valence electrons. The molecule has 2 aliphatic rings. The minimum Gasteiger partial charge on any atom is -0.487 e. The number of hydrogen-bond donors (Lipinski definition) is 1. The van der Waals surface area contributed by atoms with Crippen molar-refractivity contribution in [1.29, 1.82) is 0 Å². The van der Waals surface area contributed by atoms with Crippen molar-refractivity contribution in [3.63, 3.8) is 0 Å². The summed E-state index contributed by atoms with van der Waals surface area (Å²) in [7, 11) is 0. The highest BCUT2D eigenvalue weighted by Crippen LogP contribution is 2.37. The fraction of sp³-hybridized carbons (Fsp3) is 0.625. The van der Waals surface area contributed by atoms with Gasteiger partial charge in [-0.25, -0.2) is 0 Å². The summed E-state index contributed by atoms with van der Waals surface area (Å²) in [4.78, 5) is 0. The maximum Gasteiger partial charge on any atom is 0.123 e. The molecule has 0 aliphatic carbocycles. The molecule has 3 nitrogen and oxygen atoms in total. The third kappa shape index (κ3) is 2.63. The van der Waals surface area contributed by atoms with Crippen molar-refractivity contribution in [3.8, 4) is 5.75 Å². The molecule has 1 fully saturated rings. The van der Waals surface area contributed by atoms with Crippen LogP contribution in [0.3, 0.4) is 0 Å². The number of nitrogens with two attached hydrogens (primary N) is 1. The lowest BCUT2D eigenvalue weighted by molar-refractivity contribution is 0.0583. The molecule has 0 amide bonds. The van der Waals surface area contributed by atoms with Crippen molar-refractivity contribution in [2.24, 2.45) is 11.7 Å². The Balaban J connectivity index is 1.79. The van der Waals surface area contributed by atoms with Gasteiger partial charge in [-0.3, -0.25) is 0 Å². The van der Waals surface area contributed by atoms with E-state index in [0.717, 1.165) is 38.2 Å². The normalized spacial score (nSPS) is 23.7. The van der Waals surface area contributed by atoms with Gasteiger partial charge in [0, 0.05) is 25.7 Å². The Morgan fingerprint density at radius 3 is 2.74 bits per heavy atom. The van der Waals surface area contributed by atoms with Gasteiger partial charge in [0.2, 0.25) is 0 Å². The Morgan fingerprint density at radius 2 is 2.00 bits per heavy atom. The zero-order valence-corrected chi connectivity index (χ0v) is 11.8. The molecule has 1 saturated heterocycles. The van der Waals surface area contributed by atoms with Gasteiger partial charge in [0.25, 0.3) is 0 Å². The number of rotatable bonds is 2. The molecule has 3 heteroatoms. The van der Waals surface area contributed by atoms with Gasteiger partial charge in [-0.05, 0) is 49.8 Å². The van der Waals surface area contributed by atoms with E-state index in [0.29, 0.717) is 5.92 Å². The number of fused-ring (bicyclic) bond motifs is 1. The van der Waals surface area contributed by atoms with E-state index in [-0.39, 0.29) is 11.6 Å². The molecule has 0 saturated carbocycles. The van der Waals surface area contributed by atoms with Gasteiger partial charge in [-0.1, -0.05) is 12.1 Å². The average Bonchev–Trinajstić information content (AvgIpc) is 2.71. The van der Waals surface area contributed by atoms with Crippen LogP contribution in [0.1, 0.15) is 43.9 Å². The molecule has 1 unspecified atom stereocenters. The van der Waals surface area contributed by atoms with Crippen molar-refractivity contribution >= 4 is 0 Å². The molecule has 2 aliphatic heterocycles. The van der Waals surface area contributed by atoms with E-state index >= 15 is 0 Å². The summed E-state index contributed by atoms with van der Waals surface area (Å²) >= 11 is 0. The molecule has 19 heavy (non-hydrogen) atoms. The largest absolute Gasteiger partial charge is 0.487 e. The third-order valence-corrected chi connectivity index (χ3v) is 4.25. The summed E-state index contributed by atoms with van der Waals surface area (Å²) in [6, 6.07) is 6.57. The number of benzene rings is 1. The van der Waals surface area contributed by atoms with Crippen LogP contribution in [-0.2, 0) is 11.2 Å². The lowest BCUT2D eigenvalue weighted by Crippen LogP contribution is -2.27. The van der Waals surface area contributed by atoms with E-state index in [2.05, 4.69) is 32.0 Å². The zero-order valence-electron chi connectivity index (χ0n) is 11.8. The van der Waals surface area contributed by atoms with Gasteiger partial charge >= 0.3 is 0 Å². The van der Waals surface area contributed by atoms with E-state index in [1.807, 2.05) is 0 Å². The van der Waals surface area contributed by atoms with Crippen molar-refractivity contribution in [2.45, 2.75) is 44.8 Å². The summed E-state index contributed by atoms with van der Waals surface area (Å²) in [6.45, 7) is 5.95. The molecule has 0 bridgehead atoms. The average molecular weight is 261 g/mol. The van der Waals surface area contributed by atoms with Gasteiger partial charge in [0.15, 0.2) is 0 Å². The van der Waals surface area contributed by atoms with E-state index in [9.17, 15) is 0 Å². The zero-order chi connectivity index (χ0) is 13.5. The van der Waals surface area contributed by atoms with Crippen LogP contribution in [0.4, 0.5) is 0 Å². The Hall–Kier alpha value is -1.06. The first kappa shape index (κ1) is 12.9. The van der Waals surface area contributed by atoms with Gasteiger partial charge in [0.05, 0.1) is 0 Å². The molecule has 2 N–H and O–H groups in total. The van der Waals surface area contributed by atoms with Gasteiger partial charge in [-0.2, -0.15) is 0 Å². The lowest BCUT2D eigenvalue weighted by atomic mass is 9.86. The van der Waals surface area contributed by atoms with Crippen molar-refractivity contribution in [3.05, 3.63) is 29.3 Å². The second-order valence-electron chi connectivity index (χ2n) is 6.38. The Labute approximate surface area is 115 Å². The molecule has 1 atom stereocenters. The monoisotopic (exact) mass is 261 g/mol. The first-order valence-corrected chi connectivity index (χ1v) is 7.20. The van der Waals surface area contributed by atoms with Crippen LogP contribution in [0.5, 0.6) is 5.75 Å². The SMILES string of the molecule is CC1(C)Cc2cc(C(N)C3CCOCC3)ccc2O1. The second-order valence-corrected chi connectivity index (χ2v) is 6.38. The Kier molecular flexibility index (Phi) is 3.27. The highest BCUT2D eigenvalue weighted by Gasteiger charge is 2.31. The van der Waals surface area contributed by atoms with Crippen molar-refractivity contribution in [1.82, 2.24) is 0 Å². The van der Waals surface area contributed by atoms with Crippen molar-refractivity contribution < 1.29 is 9.47 Å². The van der Waals surface area contributed by atoms with Gasteiger partial charge in [0.1, 0.15) is 11.4 Å². The first-order valence-electron chi connectivity index (χ1n) is 7.20. The maximum absolute atomic E-state index is 6.44. The molecular formula is C16H23NO2. The molecule has 0 radical (unpaired) electrons. The first-order chi connectivity index (χ1) is 9.05. The topological polar surface area (TPSA) is 44.5 Å². The minimum atomic E-state index is -0.0796. The summed E-state index contributed by atoms with van der Waals surface area (Å²) in [5.74, 6) is 1.56. The predicted octanol–water partition coefficient (Wildman–Crippen LogP) is 2.83. The van der Waals surface area contributed by atoms with E-state index in [4.69, 9.17) is 15.2 Å². The number of hydrogen-bond acceptors (Lipinski definition) is 3. The summed E-state index contributed by atoms with van der Waals surface area (Å²) in [5, 5.41) is 0. The Morgan fingerprint density at radius 1 is 1.26 bits per heavy atom. The van der Waals surface area contributed by atoms with Crippen LogP contribution in [0.25, 0.3) is 0 Å². The van der Waals surface area contributed by atoms with E-state index < -0.39 is 0 Å². The van der Waals surface area contributed by atoms with Crippen LogP contribution in [0.15, 0.2) is 18.2 Å². The second kappa shape index (κ2) is 4.80. The summed E-state index contributed by atoms with van der Waals surface area (Å²) < 4.78 is 11.3. The Bertz CT molecular complexity index is 464. The molecule has 0 aromatic heterocycles. The van der Waals surface area contributed by atoms with Crippen molar-refractivity contribution in [2.75, 3.05) is 13.2 Å². The van der Waals surface area contributed by atoms with Crippen LogP contribution >= 0.6 is 0 Å². The van der Waals surface area contributed by atoms with Crippen LogP contribution in [0.2, 0.25) is 0 Å². The number of ether oxygens (including phenoxy) is 2. The molecule has 1 aromatic carbocycles. The molecule has 3 rings (SSSR count). The summed E-state index contributed by atoms with van der Waals surface area (Å²) in [6.07, 6.45) is 3.11. The smallest absolute Gasteiger partial charge is 0.123 e. The maximum atomic E-state index is 6.44. The lowest BCUT2D eigenvalue weighted by Gasteiger charge is -2.28. The minimum absolute atomic E-state index is 0.0796. The molecule has 1 aromatic rings. The highest BCUT2D eigenvalue weighted by atomic mass is 16.5. The van der Waals surface area contributed by atoms with E-state index in [1.54, 1.807) is 0 Å². The fourth-order valence-electron chi connectivity index (χ4n) is 3.18. The molecule has 2 heterocycles. The van der Waals surface area contributed by atoms with E-state index in [1.165, 1.54) is 11.1 Å². The van der Waals surface area contributed by atoms with Crippen LogP contribution in [0, 0.1) is 5.92 Å². The predicted molar refractivity (Wildman–Crippen MR) is 75.3 cm³/mol. The van der Waals surface area contributed by atoms with Crippen LogP contribution in [-0.4, -0.2) is 18.8 Å². The van der Waals surface area contributed by atoms with Gasteiger partial charge < -0.3 is 15.2 Å². The van der Waals surface area contributed by atoms with Gasteiger partial charge in [-0.15, -0.1) is 0 Å². The summed E-state index contributed by atoms with van der Waals surface area (Å²) in [5.41, 5.74) is 8.89.